The van der Waals surface area contributed by atoms with E-state index in [1.54, 1.807) is 48.8 Å². The van der Waals surface area contributed by atoms with Crippen molar-refractivity contribution in [2.75, 3.05) is 13.2 Å². The number of Topliss-reactive ketones (excluding diaryl/α,β-unsaturated/α-hetero) is 1. The number of aromatic nitrogens is 1. The molecule has 7 heteroatoms. The molecule has 1 atom stereocenters. The first-order chi connectivity index (χ1) is 18.0. The largest absolute Gasteiger partial charge is 0.507 e. The Kier molecular flexibility index (Phi) is 8.56. The van der Waals surface area contributed by atoms with Crippen molar-refractivity contribution in [2.45, 2.75) is 45.7 Å². The molecular weight excluding hydrogens is 468 g/mol. The Balaban J connectivity index is 1.76. The summed E-state index contributed by atoms with van der Waals surface area (Å²) in [6.07, 6.45) is 6.09. The standard InChI is InChI=1S/C30H32N2O5/c1-3-5-18-37-25-8-6-7-23(19-25)27-26(28(33)22-9-11-24(12-10-22)36-17-4-2)29(34)30(35)32(27)20-21-13-15-31-16-14-21/h6-16,19,27,33H,3-5,17-18,20H2,1-2H3/b28-26+. The van der Waals surface area contributed by atoms with Gasteiger partial charge in [0.05, 0.1) is 24.8 Å². The number of aliphatic hydroxyl groups excluding tert-OH is 1. The number of nitrogens with zero attached hydrogens (tertiary/aromatic N) is 2. The highest BCUT2D eigenvalue weighted by atomic mass is 16.5. The molecule has 1 aromatic heterocycles. The summed E-state index contributed by atoms with van der Waals surface area (Å²) in [5, 5.41) is 11.3. The van der Waals surface area contributed by atoms with Crippen LogP contribution in [0.15, 0.2) is 78.6 Å². The first-order valence-corrected chi connectivity index (χ1v) is 12.7. The van der Waals surface area contributed by atoms with Gasteiger partial charge in [0, 0.05) is 24.5 Å². The molecule has 0 spiro atoms. The fourth-order valence-electron chi connectivity index (χ4n) is 4.27. The molecule has 2 heterocycles. The van der Waals surface area contributed by atoms with E-state index >= 15 is 0 Å². The van der Waals surface area contributed by atoms with Crippen LogP contribution in [0.4, 0.5) is 0 Å². The van der Waals surface area contributed by atoms with E-state index in [1.165, 1.54) is 4.90 Å². The van der Waals surface area contributed by atoms with Crippen molar-refractivity contribution in [3.05, 3.63) is 95.3 Å². The number of hydrogen-bond acceptors (Lipinski definition) is 6. The zero-order chi connectivity index (χ0) is 26.2. The number of hydrogen-bond donors (Lipinski definition) is 1. The summed E-state index contributed by atoms with van der Waals surface area (Å²) in [6, 6.07) is 17.1. The molecule has 0 saturated carbocycles. The predicted octanol–water partition coefficient (Wildman–Crippen LogP) is 5.67. The minimum Gasteiger partial charge on any atom is -0.507 e. The number of aliphatic hydroxyl groups is 1. The third kappa shape index (κ3) is 6.00. The summed E-state index contributed by atoms with van der Waals surface area (Å²) in [5.41, 5.74) is 2.00. The van der Waals surface area contributed by atoms with Gasteiger partial charge >= 0.3 is 0 Å². The Hall–Kier alpha value is -4.13. The molecule has 1 fully saturated rings. The Labute approximate surface area is 217 Å². The highest BCUT2D eigenvalue weighted by Crippen LogP contribution is 2.41. The van der Waals surface area contributed by atoms with Gasteiger partial charge in [-0.2, -0.15) is 0 Å². The van der Waals surface area contributed by atoms with Crippen molar-refractivity contribution in [3.63, 3.8) is 0 Å². The maximum absolute atomic E-state index is 13.3. The van der Waals surface area contributed by atoms with E-state index in [-0.39, 0.29) is 17.9 Å². The van der Waals surface area contributed by atoms with Crippen LogP contribution in [0.3, 0.4) is 0 Å². The summed E-state index contributed by atoms with van der Waals surface area (Å²) >= 11 is 0. The topological polar surface area (TPSA) is 89.0 Å². The fourth-order valence-corrected chi connectivity index (χ4v) is 4.27. The van der Waals surface area contributed by atoms with Crippen LogP contribution in [0.1, 0.15) is 55.8 Å². The Morgan fingerprint density at radius 1 is 0.919 bits per heavy atom. The van der Waals surface area contributed by atoms with Crippen LogP contribution >= 0.6 is 0 Å². The number of rotatable bonds is 11. The first-order valence-electron chi connectivity index (χ1n) is 12.7. The van der Waals surface area contributed by atoms with Crippen molar-refractivity contribution in [1.29, 1.82) is 0 Å². The molecule has 2 aromatic carbocycles. The second kappa shape index (κ2) is 12.2. The predicted molar refractivity (Wildman–Crippen MR) is 141 cm³/mol. The van der Waals surface area contributed by atoms with E-state index < -0.39 is 17.7 Å². The van der Waals surface area contributed by atoms with Crippen LogP contribution in [0, 0.1) is 0 Å². The molecule has 1 N–H and O–H groups in total. The van der Waals surface area contributed by atoms with Crippen LogP contribution in [0.5, 0.6) is 11.5 Å². The SMILES string of the molecule is CCCCOc1cccc(C2/C(=C(\O)c3ccc(OCCC)cc3)C(=O)C(=O)N2Cc2ccncc2)c1. The summed E-state index contributed by atoms with van der Waals surface area (Å²) in [5.74, 6) is -0.286. The lowest BCUT2D eigenvalue weighted by Crippen LogP contribution is -2.29. The van der Waals surface area contributed by atoms with Crippen LogP contribution in [-0.2, 0) is 16.1 Å². The Bertz CT molecular complexity index is 1250. The summed E-state index contributed by atoms with van der Waals surface area (Å²) in [7, 11) is 0. The van der Waals surface area contributed by atoms with E-state index in [1.807, 2.05) is 31.2 Å². The number of amides is 1. The van der Waals surface area contributed by atoms with Gasteiger partial charge in [0.1, 0.15) is 17.3 Å². The molecule has 0 bridgehead atoms. The van der Waals surface area contributed by atoms with Crippen molar-refractivity contribution in [3.8, 4) is 11.5 Å². The van der Waals surface area contributed by atoms with Gasteiger partial charge in [-0.3, -0.25) is 14.6 Å². The van der Waals surface area contributed by atoms with Gasteiger partial charge in [0.15, 0.2) is 0 Å². The number of likely N-dealkylation sites (tertiary alicyclic amines) is 1. The normalized spacial score (nSPS) is 16.7. The van der Waals surface area contributed by atoms with Gasteiger partial charge < -0.3 is 19.5 Å². The van der Waals surface area contributed by atoms with Gasteiger partial charge in [-0.15, -0.1) is 0 Å². The molecule has 1 amide bonds. The number of unbranched alkanes of at least 4 members (excludes halogenated alkanes) is 1. The van der Waals surface area contributed by atoms with Crippen molar-refractivity contribution in [1.82, 2.24) is 9.88 Å². The minimum absolute atomic E-state index is 0.0481. The molecule has 192 valence electrons. The molecule has 1 unspecified atom stereocenters. The lowest BCUT2D eigenvalue weighted by atomic mass is 9.95. The van der Waals surface area contributed by atoms with Crippen LogP contribution < -0.4 is 9.47 Å². The Morgan fingerprint density at radius 3 is 2.35 bits per heavy atom. The summed E-state index contributed by atoms with van der Waals surface area (Å²) in [4.78, 5) is 32.1. The van der Waals surface area contributed by atoms with E-state index in [4.69, 9.17) is 9.47 Å². The van der Waals surface area contributed by atoms with Gasteiger partial charge in [0.2, 0.25) is 0 Å². The molecule has 0 radical (unpaired) electrons. The molecule has 1 saturated heterocycles. The quantitative estimate of drug-likeness (QED) is 0.158. The summed E-state index contributed by atoms with van der Waals surface area (Å²) < 4.78 is 11.5. The summed E-state index contributed by atoms with van der Waals surface area (Å²) in [6.45, 7) is 5.47. The fraction of sp³-hybridized carbons (Fsp3) is 0.300. The average molecular weight is 501 g/mol. The van der Waals surface area contributed by atoms with Crippen LogP contribution in [0.2, 0.25) is 0 Å². The number of ether oxygens (including phenoxy) is 2. The minimum atomic E-state index is -0.779. The molecular formula is C30H32N2O5. The van der Waals surface area contributed by atoms with Crippen LogP contribution in [-0.4, -0.2) is 39.9 Å². The van der Waals surface area contributed by atoms with E-state index in [0.717, 1.165) is 24.8 Å². The monoisotopic (exact) mass is 500 g/mol. The maximum atomic E-state index is 13.3. The average Bonchev–Trinajstić information content (AvgIpc) is 3.17. The van der Waals surface area contributed by atoms with Gasteiger partial charge in [-0.1, -0.05) is 32.4 Å². The van der Waals surface area contributed by atoms with E-state index in [0.29, 0.717) is 35.8 Å². The van der Waals surface area contributed by atoms with Crippen molar-refractivity contribution >= 4 is 17.4 Å². The molecule has 37 heavy (non-hydrogen) atoms. The lowest BCUT2D eigenvalue weighted by molar-refractivity contribution is -0.140. The van der Waals surface area contributed by atoms with Crippen LogP contribution in [0.25, 0.3) is 5.76 Å². The number of ketones is 1. The molecule has 1 aliphatic heterocycles. The zero-order valence-corrected chi connectivity index (χ0v) is 21.2. The Morgan fingerprint density at radius 2 is 1.65 bits per heavy atom. The van der Waals surface area contributed by atoms with Crippen molar-refractivity contribution < 1.29 is 24.2 Å². The number of carbonyl (C=O) groups excluding carboxylic acids is 2. The lowest BCUT2D eigenvalue weighted by Gasteiger charge is -2.26. The smallest absolute Gasteiger partial charge is 0.295 e. The third-order valence-electron chi connectivity index (χ3n) is 6.18. The number of benzene rings is 2. The van der Waals surface area contributed by atoms with Crippen molar-refractivity contribution in [2.24, 2.45) is 0 Å². The van der Waals surface area contributed by atoms with Gasteiger partial charge in [-0.25, -0.2) is 0 Å². The van der Waals surface area contributed by atoms with Gasteiger partial charge in [0.25, 0.3) is 11.7 Å². The molecule has 1 aliphatic rings. The second-order valence-electron chi connectivity index (χ2n) is 8.93. The van der Waals surface area contributed by atoms with E-state index in [2.05, 4.69) is 11.9 Å². The van der Waals surface area contributed by atoms with Gasteiger partial charge in [-0.05, 0) is 72.5 Å². The molecule has 3 aromatic rings. The molecule has 4 rings (SSSR count). The highest BCUT2D eigenvalue weighted by Gasteiger charge is 2.46. The maximum Gasteiger partial charge on any atom is 0.295 e. The third-order valence-corrected chi connectivity index (χ3v) is 6.18. The molecule has 7 nitrogen and oxygen atoms in total. The second-order valence-corrected chi connectivity index (χ2v) is 8.93. The molecule has 0 aliphatic carbocycles. The first kappa shape index (κ1) is 25.9. The zero-order valence-electron chi connectivity index (χ0n) is 21.2. The highest BCUT2D eigenvalue weighted by molar-refractivity contribution is 6.46. The number of carbonyl (C=O) groups is 2. The van der Waals surface area contributed by atoms with E-state index in [9.17, 15) is 14.7 Å². The number of pyridine rings is 1.